The Hall–Kier alpha value is 0.420. The van der Waals surface area contributed by atoms with Gasteiger partial charge < -0.3 is 13.8 Å². The summed E-state index contributed by atoms with van der Waals surface area (Å²) in [6.45, 7) is 6.64. The Morgan fingerprint density at radius 3 is 2.07 bits per heavy atom. The summed E-state index contributed by atoms with van der Waals surface area (Å²) >= 11 is 1.91. The molecule has 0 N–H and O–H groups in total. The fraction of sp³-hybridized carbons (Fsp3) is 0.750. The summed E-state index contributed by atoms with van der Waals surface area (Å²) in [5, 5.41) is 0. The van der Waals surface area contributed by atoms with E-state index in [9.17, 15) is 4.57 Å². The van der Waals surface area contributed by atoms with E-state index >= 15 is 0 Å². The fourth-order valence-corrected chi connectivity index (χ4v) is 2.94. The van der Waals surface area contributed by atoms with Gasteiger partial charge in [-0.25, -0.2) is 0 Å². The van der Waals surface area contributed by atoms with Crippen LogP contribution in [-0.4, -0.2) is 19.8 Å². The van der Waals surface area contributed by atoms with Crippen LogP contribution >= 0.6 is 30.2 Å². The first-order valence-corrected chi connectivity index (χ1v) is 7.09. The Bertz CT molecular complexity index is 219. The fourth-order valence-electron chi connectivity index (χ4n) is 0.717. The van der Waals surface area contributed by atoms with E-state index < -0.39 is 7.60 Å². The van der Waals surface area contributed by atoms with Crippen LogP contribution in [0.2, 0.25) is 0 Å². The van der Waals surface area contributed by atoms with Crippen molar-refractivity contribution in [1.82, 2.24) is 0 Å². The molecule has 6 heteroatoms. The summed E-state index contributed by atoms with van der Waals surface area (Å²) < 4.78 is 27.7. The minimum Gasteiger partial charge on any atom is -0.500 e. The number of ether oxygens (including phenoxy) is 1. The second-order valence-corrected chi connectivity index (χ2v) is 6.24. The third-order valence-corrected chi connectivity index (χ3v) is 5.06. The quantitative estimate of drug-likeness (QED) is 0.406. The van der Waals surface area contributed by atoms with Gasteiger partial charge in [-0.15, -0.1) is 0 Å². The lowest BCUT2D eigenvalue weighted by Gasteiger charge is -2.15. The van der Waals surface area contributed by atoms with Crippen LogP contribution in [-0.2, 0) is 18.3 Å². The van der Waals surface area contributed by atoms with Crippen molar-refractivity contribution in [1.29, 1.82) is 0 Å². The monoisotopic (exact) mass is 334 g/mol. The first-order valence-electron chi connectivity index (χ1n) is 4.47. The summed E-state index contributed by atoms with van der Waals surface area (Å²) in [5.74, 6) is 0. The molecule has 0 saturated carbocycles. The zero-order chi connectivity index (χ0) is 11.0. The minimum absolute atomic E-state index is 0.351. The van der Waals surface area contributed by atoms with E-state index in [0.29, 0.717) is 23.1 Å². The van der Waals surface area contributed by atoms with E-state index in [-0.39, 0.29) is 0 Å². The number of halogens is 1. The molecule has 14 heavy (non-hydrogen) atoms. The highest BCUT2D eigenvalue weighted by Crippen LogP contribution is 2.58. The lowest BCUT2D eigenvalue weighted by atomic mass is 10.9. The van der Waals surface area contributed by atoms with E-state index in [1.165, 1.54) is 6.26 Å². The molecule has 0 radical (unpaired) electrons. The highest BCUT2D eigenvalue weighted by atomic mass is 127. The van der Waals surface area contributed by atoms with Crippen LogP contribution in [0.1, 0.15) is 20.8 Å². The van der Waals surface area contributed by atoms with Gasteiger partial charge in [0.2, 0.25) is 0 Å². The second kappa shape index (κ2) is 7.68. The average Bonchev–Trinajstić information content (AvgIpc) is 2.15. The first kappa shape index (κ1) is 14.4. The molecule has 0 spiro atoms. The standard InChI is InChI=1S/C8H16IO4P/c1-4-11-7-8(9)14(10,12-5-2)13-6-3/h7H,4-6H2,1-3H3/b8-7+. The lowest BCUT2D eigenvalue weighted by Crippen LogP contribution is -1.96. The summed E-state index contributed by atoms with van der Waals surface area (Å²) in [6, 6.07) is 0. The van der Waals surface area contributed by atoms with Crippen LogP contribution in [0.4, 0.5) is 0 Å². The smallest absolute Gasteiger partial charge is 0.370 e. The molecule has 4 nitrogen and oxygen atoms in total. The Labute approximate surface area is 98.7 Å². The summed E-state index contributed by atoms with van der Waals surface area (Å²) in [5.41, 5.74) is 0. The molecule has 0 atom stereocenters. The van der Waals surface area contributed by atoms with E-state index in [0.717, 1.165) is 0 Å². The number of hydrogen-bond donors (Lipinski definition) is 0. The second-order valence-electron chi connectivity index (χ2n) is 2.23. The minimum atomic E-state index is -3.12. The third kappa shape index (κ3) is 4.77. The van der Waals surface area contributed by atoms with E-state index in [1.807, 2.05) is 29.5 Å². The normalized spacial score (nSPS) is 13.0. The van der Waals surface area contributed by atoms with Crippen molar-refractivity contribution < 1.29 is 18.3 Å². The van der Waals surface area contributed by atoms with Gasteiger partial charge in [-0.3, -0.25) is 4.57 Å². The van der Waals surface area contributed by atoms with Crippen molar-refractivity contribution in [3.8, 4) is 0 Å². The largest absolute Gasteiger partial charge is 0.500 e. The summed E-state index contributed by atoms with van der Waals surface area (Å²) in [7, 11) is -3.12. The van der Waals surface area contributed by atoms with E-state index in [2.05, 4.69) is 0 Å². The molecule has 84 valence electrons. The predicted molar refractivity (Wildman–Crippen MR) is 64.6 cm³/mol. The van der Waals surface area contributed by atoms with Gasteiger partial charge in [0, 0.05) is 0 Å². The van der Waals surface area contributed by atoms with Gasteiger partial charge in [0.25, 0.3) is 0 Å². The number of rotatable bonds is 7. The highest BCUT2D eigenvalue weighted by Gasteiger charge is 2.28. The van der Waals surface area contributed by atoms with Crippen molar-refractivity contribution in [2.24, 2.45) is 0 Å². The van der Waals surface area contributed by atoms with E-state index in [4.69, 9.17) is 13.8 Å². The average molecular weight is 334 g/mol. The van der Waals surface area contributed by atoms with Crippen LogP contribution in [0.5, 0.6) is 0 Å². The zero-order valence-electron chi connectivity index (χ0n) is 8.66. The van der Waals surface area contributed by atoms with Crippen molar-refractivity contribution in [3.05, 3.63) is 9.58 Å². The predicted octanol–water partition coefficient (Wildman–Crippen LogP) is 3.52. The maximum Gasteiger partial charge on any atom is 0.370 e. The molecule has 0 rings (SSSR count). The SMILES string of the molecule is CCO/C=C(\I)P(=O)(OCC)OCC. The van der Waals surface area contributed by atoms with Crippen molar-refractivity contribution in [2.45, 2.75) is 20.8 Å². The van der Waals surface area contributed by atoms with Crippen LogP contribution in [0.25, 0.3) is 0 Å². The molecule has 0 aliphatic carbocycles. The van der Waals surface area contributed by atoms with Crippen molar-refractivity contribution in [2.75, 3.05) is 19.8 Å². The molecule has 0 aromatic carbocycles. The zero-order valence-corrected chi connectivity index (χ0v) is 11.7. The van der Waals surface area contributed by atoms with Gasteiger partial charge in [-0.1, -0.05) is 0 Å². The van der Waals surface area contributed by atoms with Crippen molar-refractivity contribution >= 4 is 30.2 Å². The molecule has 0 fully saturated rings. The van der Waals surface area contributed by atoms with Gasteiger partial charge in [0.05, 0.1) is 19.8 Å². The van der Waals surface area contributed by atoms with Crippen LogP contribution in [0.3, 0.4) is 0 Å². The van der Waals surface area contributed by atoms with Gasteiger partial charge in [-0.05, 0) is 43.4 Å². The van der Waals surface area contributed by atoms with Gasteiger partial charge in [0.1, 0.15) is 9.58 Å². The highest BCUT2D eigenvalue weighted by molar-refractivity contribution is 14.1. The molecular formula is C8H16IO4P. The third-order valence-electron chi connectivity index (χ3n) is 1.21. The molecular weight excluding hydrogens is 318 g/mol. The molecule has 0 aromatic heterocycles. The Morgan fingerprint density at radius 2 is 1.71 bits per heavy atom. The molecule has 0 aliphatic rings. The molecule has 0 unspecified atom stereocenters. The van der Waals surface area contributed by atoms with Gasteiger partial charge in [0.15, 0.2) is 0 Å². The van der Waals surface area contributed by atoms with Crippen molar-refractivity contribution in [3.63, 3.8) is 0 Å². The first-order chi connectivity index (χ1) is 6.60. The van der Waals surface area contributed by atoms with Crippen LogP contribution in [0, 0.1) is 0 Å². The summed E-state index contributed by atoms with van der Waals surface area (Å²) in [4.78, 5) is 0. The molecule has 0 heterocycles. The van der Waals surface area contributed by atoms with Crippen LogP contribution in [0.15, 0.2) is 9.58 Å². The Balaban J connectivity index is 4.54. The summed E-state index contributed by atoms with van der Waals surface area (Å²) in [6.07, 6.45) is 1.42. The molecule has 0 amide bonds. The van der Waals surface area contributed by atoms with Gasteiger partial charge >= 0.3 is 7.60 Å². The van der Waals surface area contributed by atoms with Crippen LogP contribution < -0.4 is 0 Å². The Morgan fingerprint density at radius 1 is 1.21 bits per heavy atom. The maximum atomic E-state index is 12.0. The maximum absolute atomic E-state index is 12.0. The van der Waals surface area contributed by atoms with E-state index in [1.54, 1.807) is 13.8 Å². The Kier molecular flexibility index (Phi) is 7.91. The van der Waals surface area contributed by atoms with Gasteiger partial charge in [-0.2, -0.15) is 0 Å². The molecule has 0 saturated heterocycles. The topological polar surface area (TPSA) is 44.8 Å². The molecule has 0 aliphatic heterocycles. The lowest BCUT2D eigenvalue weighted by molar-refractivity contribution is 0.225. The molecule has 0 bridgehead atoms. The number of hydrogen-bond acceptors (Lipinski definition) is 4. The molecule has 0 aromatic rings.